The van der Waals surface area contributed by atoms with E-state index in [1.165, 1.54) is 24.3 Å². The largest absolute Gasteiger partial charge is 0.573 e. The fraction of sp³-hybridized carbons (Fsp3) is 0.500. The van der Waals surface area contributed by atoms with Gasteiger partial charge in [-0.15, -0.1) is 13.2 Å². The van der Waals surface area contributed by atoms with Crippen molar-refractivity contribution in [3.8, 4) is 5.75 Å². The normalized spacial score (nSPS) is 19.3. The third-order valence-corrected chi connectivity index (χ3v) is 3.06. The number of alkyl halides is 3. The van der Waals surface area contributed by atoms with Gasteiger partial charge in [0.05, 0.1) is 5.60 Å². The summed E-state index contributed by atoms with van der Waals surface area (Å²) in [5, 5.41) is 10.2. The predicted octanol–water partition coefficient (Wildman–Crippen LogP) is 3.35. The number of hydrogen-bond donors (Lipinski definition) is 1. The fourth-order valence-corrected chi connectivity index (χ4v) is 2.22. The Hall–Kier alpha value is -1.23. The zero-order chi connectivity index (χ0) is 12.5. The monoisotopic (exact) mass is 246 g/mol. The Morgan fingerprint density at radius 1 is 1.06 bits per heavy atom. The van der Waals surface area contributed by atoms with Gasteiger partial charge < -0.3 is 9.84 Å². The number of aliphatic hydroxyl groups is 1. The molecule has 0 saturated heterocycles. The van der Waals surface area contributed by atoms with Gasteiger partial charge in [0.1, 0.15) is 5.75 Å². The van der Waals surface area contributed by atoms with Crippen molar-refractivity contribution < 1.29 is 23.0 Å². The second kappa shape index (κ2) is 4.22. The SMILES string of the molecule is OC1(c2ccc(OC(F)(F)F)cc2)CCCC1. The molecule has 1 N–H and O–H groups in total. The van der Waals surface area contributed by atoms with E-state index in [0.29, 0.717) is 18.4 Å². The lowest BCUT2D eigenvalue weighted by Gasteiger charge is -2.22. The molecular weight excluding hydrogens is 233 g/mol. The van der Waals surface area contributed by atoms with Crippen LogP contribution in [0.5, 0.6) is 5.75 Å². The summed E-state index contributed by atoms with van der Waals surface area (Å²) in [5.41, 5.74) is -0.221. The van der Waals surface area contributed by atoms with Gasteiger partial charge in [-0.25, -0.2) is 0 Å². The molecule has 5 heteroatoms. The minimum atomic E-state index is -4.67. The van der Waals surface area contributed by atoms with Crippen LogP contribution in [0.4, 0.5) is 13.2 Å². The molecule has 1 aliphatic rings. The Bertz CT molecular complexity index is 378. The third-order valence-electron chi connectivity index (χ3n) is 3.06. The van der Waals surface area contributed by atoms with Gasteiger partial charge >= 0.3 is 6.36 Å². The molecule has 1 fully saturated rings. The van der Waals surface area contributed by atoms with E-state index >= 15 is 0 Å². The van der Waals surface area contributed by atoms with Crippen LogP contribution in [-0.4, -0.2) is 11.5 Å². The lowest BCUT2D eigenvalue weighted by atomic mass is 9.92. The van der Waals surface area contributed by atoms with Gasteiger partial charge in [0.15, 0.2) is 0 Å². The van der Waals surface area contributed by atoms with E-state index in [2.05, 4.69) is 4.74 Å². The Labute approximate surface area is 97.0 Å². The Balaban J connectivity index is 2.13. The van der Waals surface area contributed by atoms with Crippen molar-refractivity contribution in [3.05, 3.63) is 29.8 Å². The Morgan fingerprint density at radius 2 is 1.59 bits per heavy atom. The maximum atomic E-state index is 11.9. The minimum absolute atomic E-state index is 0.261. The van der Waals surface area contributed by atoms with Crippen molar-refractivity contribution in [2.24, 2.45) is 0 Å². The molecule has 0 spiro atoms. The molecule has 1 saturated carbocycles. The summed E-state index contributed by atoms with van der Waals surface area (Å²) < 4.78 is 39.6. The molecule has 1 aromatic rings. The first-order valence-electron chi connectivity index (χ1n) is 5.48. The van der Waals surface area contributed by atoms with Crippen LogP contribution >= 0.6 is 0 Å². The van der Waals surface area contributed by atoms with E-state index in [1.54, 1.807) is 0 Å². The zero-order valence-electron chi connectivity index (χ0n) is 9.13. The second-order valence-electron chi connectivity index (χ2n) is 4.31. The summed E-state index contributed by atoms with van der Waals surface area (Å²) in [6.07, 6.45) is -1.47. The van der Waals surface area contributed by atoms with Crippen molar-refractivity contribution in [3.63, 3.8) is 0 Å². The molecule has 0 bridgehead atoms. The lowest BCUT2D eigenvalue weighted by Crippen LogP contribution is -2.21. The van der Waals surface area contributed by atoms with Crippen LogP contribution in [0.3, 0.4) is 0 Å². The molecule has 1 aliphatic carbocycles. The van der Waals surface area contributed by atoms with Crippen molar-refractivity contribution in [1.29, 1.82) is 0 Å². The van der Waals surface area contributed by atoms with E-state index in [1.807, 2.05) is 0 Å². The van der Waals surface area contributed by atoms with Gasteiger partial charge in [0.25, 0.3) is 0 Å². The fourth-order valence-electron chi connectivity index (χ4n) is 2.22. The Kier molecular flexibility index (Phi) is 3.03. The summed E-state index contributed by atoms with van der Waals surface area (Å²) in [6.45, 7) is 0. The highest BCUT2D eigenvalue weighted by atomic mass is 19.4. The van der Waals surface area contributed by atoms with Crippen LogP contribution in [0.2, 0.25) is 0 Å². The van der Waals surface area contributed by atoms with Crippen molar-refractivity contribution in [2.45, 2.75) is 37.6 Å². The predicted molar refractivity (Wildman–Crippen MR) is 55.5 cm³/mol. The Morgan fingerprint density at radius 3 is 2.06 bits per heavy atom. The molecule has 0 atom stereocenters. The first-order valence-corrected chi connectivity index (χ1v) is 5.48. The zero-order valence-corrected chi connectivity index (χ0v) is 9.13. The highest BCUT2D eigenvalue weighted by Crippen LogP contribution is 2.39. The van der Waals surface area contributed by atoms with E-state index in [-0.39, 0.29) is 5.75 Å². The maximum Gasteiger partial charge on any atom is 0.573 e. The molecule has 0 aliphatic heterocycles. The molecule has 94 valence electrons. The van der Waals surface area contributed by atoms with Gasteiger partial charge in [0, 0.05) is 0 Å². The molecule has 2 nitrogen and oxygen atoms in total. The van der Waals surface area contributed by atoms with Gasteiger partial charge in [-0.1, -0.05) is 25.0 Å². The van der Waals surface area contributed by atoms with E-state index < -0.39 is 12.0 Å². The molecule has 0 amide bonds. The molecule has 1 aromatic carbocycles. The van der Waals surface area contributed by atoms with Gasteiger partial charge in [-0.05, 0) is 30.5 Å². The van der Waals surface area contributed by atoms with E-state index in [9.17, 15) is 18.3 Å². The van der Waals surface area contributed by atoms with Gasteiger partial charge in [0.2, 0.25) is 0 Å². The summed E-state index contributed by atoms with van der Waals surface area (Å²) in [6, 6.07) is 5.46. The number of rotatable bonds is 2. The summed E-state index contributed by atoms with van der Waals surface area (Å²) >= 11 is 0. The highest BCUT2D eigenvalue weighted by Gasteiger charge is 2.34. The van der Waals surface area contributed by atoms with Crippen molar-refractivity contribution in [1.82, 2.24) is 0 Å². The number of ether oxygens (including phenoxy) is 1. The van der Waals surface area contributed by atoms with Crippen molar-refractivity contribution >= 4 is 0 Å². The van der Waals surface area contributed by atoms with Gasteiger partial charge in [-0.2, -0.15) is 0 Å². The smallest absolute Gasteiger partial charge is 0.406 e. The quantitative estimate of drug-likeness (QED) is 0.867. The molecule has 17 heavy (non-hydrogen) atoms. The summed E-state index contributed by atoms with van der Waals surface area (Å²) in [5.74, 6) is -0.261. The second-order valence-corrected chi connectivity index (χ2v) is 4.31. The van der Waals surface area contributed by atoms with Crippen LogP contribution in [0, 0.1) is 0 Å². The van der Waals surface area contributed by atoms with Crippen molar-refractivity contribution in [2.75, 3.05) is 0 Å². The molecule has 2 rings (SSSR count). The summed E-state index contributed by atoms with van der Waals surface area (Å²) in [7, 11) is 0. The summed E-state index contributed by atoms with van der Waals surface area (Å²) in [4.78, 5) is 0. The van der Waals surface area contributed by atoms with Gasteiger partial charge in [-0.3, -0.25) is 0 Å². The number of benzene rings is 1. The van der Waals surface area contributed by atoms with Crippen LogP contribution in [0.15, 0.2) is 24.3 Å². The topological polar surface area (TPSA) is 29.5 Å². The maximum absolute atomic E-state index is 11.9. The molecule has 0 unspecified atom stereocenters. The first kappa shape index (κ1) is 12.2. The molecule has 0 aromatic heterocycles. The van der Waals surface area contributed by atoms with Crippen LogP contribution < -0.4 is 4.74 Å². The number of hydrogen-bond acceptors (Lipinski definition) is 2. The van der Waals surface area contributed by atoms with E-state index in [4.69, 9.17) is 0 Å². The molecule has 0 radical (unpaired) electrons. The lowest BCUT2D eigenvalue weighted by molar-refractivity contribution is -0.274. The van der Waals surface area contributed by atoms with E-state index in [0.717, 1.165) is 12.8 Å². The molecular formula is C12H13F3O2. The average Bonchev–Trinajstić information content (AvgIpc) is 2.65. The minimum Gasteiger partial charge on any atom is -0.406 e. The first-order chi connectivity index (χ1) is 7.89. The van der Waals surface area contributed by atoms with Crippen LogP contribution in [0.1, 0.15) is 31.2 Å². The standard InChI is InChI=1S/C12H13F3O2/c13-12(14,15)17-10-5-3-9(4-6-10)11(16)7-1-2-8-11/h3-6,16H,1-2,7-8H2. The van der Waals surface area contributed by atoms with Crippen LogP contribution in [-0.2, 0) is 5.60 Å². The van der Waals surface area contributed by atoms with Crippen LogP contribution in [0.25, 0.3) is 0 Å². The number of halogens is 3. The highest BCUT2D eigenvalue weighted by molar-refractivity contribution is 5.31. The molecule has 0 heterocycles. The third kappa shape index (κ3) is 2.91. The average molecular weight is 246 g/mol.